The van der Waals surface area contributed by atoms with Crippen molar-refractivity contribution in [1.29, 1.82) is 0 Å². The molecule has 7 heteroatoms. The average molecular weight is 272 g/mol. The van der Waals surface area contributed by atoms with Crippen molar-refractivity contribution >= 4 is 17.3 Å². The Morgan fingerprint density at radius 3 is 2.95 bits per heavy atom. The Labute approximate surface area is 114 Å². The summed E-state index contributed by atoms with van der Waals surface area (Å²) in [6.07, 6.45) is 0. The monoisotopic (exact) mass is 272 g/mol. The van der Waals surface area contributed by atoms with Gasteiger partial charge in [-0.3, -0.25) is 10.1 Å². The van der Waals surface area contributed by atoms with Crippen molar-refractivity contribution in [3.63, 3.8) is 0 Å². The fraction of sp³-hybridized carbons (Fsp3) is 0.154. The van der Waals surface area contributed by atoms with Crippen molar-refractivity contribution in [3.05, 3.63) is 52.1 Å². The summed E-state index contributed by atoms with van der Waals surface area (Å²) in [5.41, 5.74) is 6.43. The van der Waals surface area contributed by atoms with Crippen LogP contribution in [-0.2, 0) is 0 Å². The standard InChI is InChI=1S/C13H12N4O3/c14-12-6-5-10(17(18)19)13(16-12)15-9-7-20-11-4-2-1-3-8(9)11/h1-6,9H,7H2,(H3,14,15,16). The number of benzene rings is 1. The number of anilines is 2. The lowest BCUT2D eigenvalue weighted by molar-refractivity contribution is -0.384. The van der Waals surface area contributed by atoms with Crippen LogP contribution < -0.4 is 15.8 Å². The van der Waals surface area contributed by atoms with E-state index in [-0.39, 0.29) is 23.4 Å². The van der Waals surface area contributed by atoms with E-state index < -0.39 is 4.92 Å². The number of nitrogens with two attached hydrogens (primary N) is 1. The number of hydrogen-bond acceptors (Lipinski definition) is 6. The molecule has 3 N–H and O–H groups in total. The molecule has 0 saturated heterocycles. The third-order valence-electron chi connectivity index (χ3n) is 3.10. The maximum Gasteiger partial charge on any atom is 0.311 e. The summed E-state index contributed by atoms with van der Waals surface area (Å²) >= 11 is 0. The van der Waals surface area contributed by atoms with Gasteiger partial charge in [-0.25, -0.2) is 4.98 Å². The molecule has 0 fully saturated rings. The highest BCUT2D eigenvalue weighted by atomic mass is 16.6. The maximum absolute atomic E-state index is 11.0. The highest BCUT2D eigenvalue weighted by Crippen LogP contribution is 2.35. The smallest absolute Gasteiger partial charge is 0.311 e. The van der Waals surface area contributed by atoms with Gasteiger partial charge in [0.05, 0.1) is 11.0 Å². The second-order valence-electron chi connectivity index (χ2n) is 4.41. The third kappa shape index (κ3) is 2.09. The fourth-order valence-corrected chi connectivity index (χ4v) is 2.17. The number of nitrogens with one attached hydrogen (secondary N) is 1. The summed E-state index contributed by atoms with van der Waals surface area (Å²) in [6, 6.07) is 10.1. The van der Waals surface area contributed by atoms with Crippen molar-refractivity contribution in [2.24, 2.45) is 0 Å². The molecule has 0 amide bonds. The number of para-hydroxylation sites is 1. The molecule has 1 aliphatic rings. The average Bonchev–Trinajstić information content (AvgIpc) is 2.82. The first-order chi connectivity index (χ1) is 9.65. The minimum absolute atomic E-state index is 0.108. The molecule has 102 valence electrons. The van der Waals surface area contributed by atoms with E-state index in [1.54, 1.807) is 0 Å². The fourth-order valence-electron chi connectivity index (χ4n) is 2.17. The topological polar surface area (TPSA) is 103 Å². The Bertz CT molecular complexity index is 674. The number of nitrogens with zero attached hydrogens (tertiary/aromatic N) is 2. The molecule has 7 nitrogen and oxygen atoms in total. The molecule has 0 spiro atoms. The van der Waals surface area contributed by atoms with Gasteiger partial charge < -0.3 is 15.8 Å². The van der Waals surface area contributed by atoms with Gasteiger partial charge >= 0.3 is 5.69 Å². The molecule has 2 aromatic rings. The summed E-state index contributed by atoms with van der Waals surface area (Å²) in [5.74, 6) is 1.15. The number of ether oxygens (including phenoxy) is 1. The van der Waals surface area contributed by atoms with Gasteiger partial charge in [0, 0.05) is 11.6 Å². The molecule has 3 rings (SSSR count). The van der Waals surface area contributed by atoms with Crippen LogP contribution >= 0.6 is 0 Å². The summed E-state index contributed by atoms with van der Waals surface area (Å²) in [4.78, 5) is 14.5. The van der Waals surface area contributed by atoms with Crippen LogP contribution in [-0.4, -0.2) is 16.5 Å². The SMILES string of the molecule is Nc1ccc([N+](=O)[O-])c(NC2COc3ccccc32)n1. The molecule has 1 aliphatic heterocycles. The van der Waals surface area contributed by atoms with Crippen LogP contribution in [0.4, 0.5) is 17.3 Å². The lowest BCUT2D eigenvalue weighted by Gasteiger charge is -2.12. The van der Waals surface area contributed by atoms with Crippen molar-refractivity contribution in [3.8, 4) is 5.75 Å². The Kier molecular flexibility index (Phi) is 2.86. The highest BCUT2D eigenvalue weighted by molar-refractivity contribution is 5.61. The van der Waals surface area contributed by atoms with E-state index in [2.05, 4.69) is 10.3 Å². The van der Waals surface area contributed by atoms with Gasteiger partial charge in [-0.15, -0.1) is 0 Å². The Morgan fingerprint density at radius 2 is 2.15 bits per heavy atom. The van der Waals surface area contributed by atoms with E-state index in [4.69, 9.17) is 10.5 Å². The lowest BCUT2D eigenvalue weighted by atomic mass is 10.1. The minimum atomic E-state index is -0.490. The largest absolute Gasteiger partial charge is 0.491 e. The first-order valence-corrected chi connectivity index (χ1v) is 6.04. The van der Waals surface area contributed by atoms with Crippen LogP contribution in [0.2, 0.25) is 0 Å². The first kappa shape index (κ1) is 12.2. The molecule has 0 radical (unpaired) electrons. The molecule has 1 atom stereocenters. The molecule has 1 aromatic carbocycles. The normalized spacial score (nSPS) is 16.3. The number of hydrogen-bond donors (Lipinski definition) is 2. The Morgan fingerprint density at radius 1 is 1.35 bits per heavy atom. The number of fused-ring (bicyclic) bond motifs is 1. The molecular formula is C13H12N4O3. The molecule has 1 unspecified atom stereocenters. The molecule has 20 heavy (non-hydrogen) atoms. The van der Waals surface area contributed by atoms with Crippen LogP contribution in [0.25, 0.3) is 0 Å². The summed E-state index contributed by atoms with van der Waals surface area (Å²) < 4.78 is 5.52. The molecular weight excluding hydrogens is 260 g/mol. The van der Waals surface area contributed by atoms with Gasteiger partial charge in [-0.05, 0) is 12.1 Å². The zero-order valence-electron chi connectivity index (χ0n) is 10.4. The van der Waals surface area contributed by atoms with E-state index in [9.17, 15) is 10.1 Å². The van der Waals surface area contributed by atoms with Gasteiger partial charge in [0.2, 0.25) is 5.82 Å². The van der Waals surface area contributed by atoms with Gasteiger partial charge in [-0.1, -0.05) is 18.2 Å². The lowest BCUT2D eigenvalue weighted by Crippen LogP contribution is -2.14. The Hall–Kier alpha value is -2.83. The second-order valence-corrected chi connectivity index (χ2v) is 4.41. The number of nitro groups is 1. The van der Waals surface area contributed by atoms with Gasteiger partial charge in [0.1, 0.15) is 18.2 Å². The molecule has 0 saturated carbocycles. The molecule has 0 aliphatic carbocycles. The predicted molar refractivity (Wildman–Crippen MR) is 73.6 cm³/mol. The van der Waals surface area contributed by atoms with Crippen molar-refractivity contribution in [1.82, 2.24) is 4.98 Å². The number of nitrogen functional groups attached to an aromatic ring is 1. The molecule has 1 aromatic heterocycles. The third-order valence-corrected chi connectivity index (χ3v) is 3.10. The second kappa shape index (κ2) is 4.69. The van der Waals surface area contributed by atoms with E-state index in [1.165, 1.54) is 12.1 Å². The molecule has 2 heterocycles. The maximum atomic E-state index is 11.0. The first-order valence-electron chi connectivity index (χ1n) is 6.04. The van der Waals surface area contributed by atoms with Crippen molar-refractivity contribution in [2.45, 2.75) is 6.04 Å². The van der Waals surface area contributed by atoms with Crippen LogP contribution in [0.3, 0.4) is 0 Å². The Balaban J connectivity index is 1.93. The number of pyridine rings is 1. The van der Waals surface area contributed by atoms with E-state index in [0.717, 1.165) is 11.3 Å². The van der Waals surface area contributed by atoms with Crippen LogP contribution in [0.5, 0.6) is 5.75 Å². The van der Waals surface area contributed by atoms with Gasteiger partial charge in [-0.2, -0.15) is 0 Å². The van der Waals surface area contributed by atoms with Crippen molar-refractivity contribution < 1.29 is 9.66 Å². The van der Waals surface area contributed by atoms with Crippen LogP contribution in [0.1, 0.15) is 11.6 Å². The van der Waals surface area contributed by atoms with Crippen LogP contribution in [0.15, 0.2) is 36.4 Å². The molecule has 0 bridgehead atoms. The number of rotatable bonds is 3. The van der Waals surface area contributed by atoms with E-state index in [0.29, 0.717) is 6.61 Å². The summed E-state index contributed by atoms with van der Waals surface area (Å²) in [6.45, 7) is 0.396. The predicted octanol–water partition coefficient (Wildman–Crippen LogP) is 2.12. The summed E-state index contributed by atoms with van der Waals surface area (Å²) in [5, 5.41) is 14.0. The minimum Gasteiger partial charge on any atom is -0.491 e. The zero-order valence-corrected chi connectivity index (χ0v) is 10.4. The van der Waals surface area contributed by atoms with Gasteiger partial charge in [0.15, 0.2) is 0 Å². The summed E-state index contributed by atoms with van der Waals surface area (Å²) in [7, 11) is 0. The van der Waals surface area contributed by atoms with E-state index >= 15 is 0 Å². The highest BCUT2D eigenvalue weighted by Gasteiger charge is 2.26. The van der Waals surface area contributed by atoms with Crippen molar-refractivity contribution in [2.75, 3.05) is 17.7 Å². The number of aromatic nitrogens is 1. The quantitative estimate of drug-likeness (QED) is 0.655. The zero-order chi connectivity index (χ0) is 14.1. The van der Waals surface area contributed by atoms with E-state index in [1.807, 2.05) is 24.3 Å². The van der Waals surface area contributed by atoms with Crippen LogP contribution in [0, 0.1) is 10.1 Å². The van der Waals surface area contributed by atoms with Gasteiger partial charge in [0.25, 0.3) is 0 Å².